The lowest BCUT2D eigenvalue weighted by molar-refractivity contribution is -0.140. The van der Waals surface area contributed by atoms with E-state index in [0.29, 0.717) is 19.4 Å². The average molecular weight is 265 g/mol. The maximum atomic E-state index is 12.9. The fourth-order valence-electron chi connectivity index (χ4n) is 2.15. The molecule has 2 N–H and O–H groups in total. The standard InChI is InChI=1S/C14H16FNO3/c1-8-6-10(15)3-2-9(8)4-5-16-13(17)11-7-12(11)14(18)19/h2-3,6,11-12H,4-5,7H2,1H3,(H,16,17)(H,18,19)/t11-,12-/m1/s1. The predicted octanol–water partition coefficient (Wildman–Crippen LogP) is 1.51. The van der Waals surface area contributed by atoms with E-state index in [-0.39, 0.29) is 17.6 Å². The largest absolute Gasteiger partial charge is 0.481 e. The van der Waals surface area contributed by atoms with Crippen LogP contribution in [0.5, 0.6) is 0 Å². The van der Waals surface area contributed by atoms with E-state index in [9.17, 15) is 14.0 Å². The first-order chi connectivity index (χ1) is 8.99. The maximum absolute atomic E-state index is 12.9. The Morgan fingerprint density at radius 3 is 2.74 bits per heavy atom. The number of carbonyl (C=O) groups excluding carboxylic acids is 1. The van der Waals surface area contributed by atoms with Crippen molar-refractivity contribution in [1.82, 2.24) is 5.32 Å². The van der Waals surface area contributed by atoms with Crippen molar-refractivity contribution in [3.63, 3.8) is 0 Å². The lowest BCUT2D eigenvalue weighted by Crippen LogP contribution is -2.28. The maximum Gasteiger partial charge on any atom is 0.307 e. The van der Waals surface area contributed by atoms with Crippen molar-refractivity contribution < 1.29 is 19.1 Å². The number of nitrogens with one attached hydrogen (secondary N) is 1. The second-order valence-corrected chi connectivity index (χ2v) is 4.90. The van der Waals surface area contributed by atoms with Crippen molar-refractivity contribution in [2.45, 2.75) is 19.8 Å². The summed E-state index contributed by atoms with van der Waals surface area (Å²) < 4.78 is 12.9. The van der Waals surface area contributed by atoms with Crippen molar-refractivity contribution in [1.29, 1.82) is 0 Å². The van der Waals surface area contributed by atoms with Crippen LogP contribution in [-0.2, 0) is 16.0 Å². The number of hydrogen-bond acceptors (Lipinski definition) is 2. The molecule has 1 aromatic rings. The van der Waals surface area contributed by atoms with Crippen LogP contribution in [0.25, 0.3) is 0 Å². The molecule has 0 aromatic heterocycles. The number of aliphatic carboxylic acids is 1. The Hall–Kier alpha value is -1.91. The van der Waals surface area contributed by atoms with Crippen LogP contribution in [0.2, 0.25) is 0 Å². The third-order valence-corrected chi connectivity index (χ3v) is 3.44. The number of carboxylic acid groups (broad SMARTS) is 1. The number of carbonyl (C=O) groups is 2. The minimum atomic E-state index is -0.908. The van der Waals surface area contributed by atoms with Gasteiger partial charge in [0.15, 0.2) is 0 Å². The summed E-state index contributed by atoms with van der Waals surface area (Å²) in [4.78, 5) is 22.2. The Labute approximate surface area is 110 Å². The van der Waals surface area contributed by atoms with Gasteiger partial charge in [-0.05, 0) is 43.0 Å². The molecule has 1 fully saturated rings. The highest BCUT2D eigenvalue weighted by atomic mass is 19.1. The zero-order chi connectivity index (χ0) is 14.0. The Morgan fingerprint density at radius 1 is 1.42 bits per heavy atom. The van der Waals surface area contributed by atoms with Gasteiger partial charge in [-0.2, -0.15) is 0 Å². The van der Waals surface area contributed by atoms with Crippen LogP contribution in [0.1, 0.15) is 17.5 Å². The molecule has 4 nitrogen and oxygen atoms in total. The molecule has 1 saturated carbocycles. The van der Waals surface area contributed by atoms with Crippen molar-refractivity contribution in [3.8, 4) is 0 Å². The molecule has 19 heavy (non-hydrogen) atoms. The Bertz CT molecular complexity index is 515. The lowest BCUT2D eigenvalue weighted by atomic mass is 10.1. The van der Waals surface area contributed by atoms with Gasteiger partial charge in [-0.25, -0.2) is 4.39 Å². The van der Waals surface area contributed by atoms with Gasteiger partial charge >= 0.3 is 5.97 Å². The molecule has 0 radical (unpaired) electrons. The molecule has 2 rings (SSSR count). The van der Waals surface area contributed by atoms with E-state index in [2.05, 4.69) is 5.32 Å². The molecule has 1 aliphatic rings. The van der Waals surface area contributed by atoms with Crippen LogP contribution in [0.4, 0.5) is 4.39 Å². The van der Waals surface area contributed by atoms with E-state index >= 15 is 0 Å². The molecule has 0 heterocycles. The molecular weight excluding hydrogens is 249 g/mol. The van der Waals surface area contributed by atoms with Gasteiger partial charge in [0.2, 0.25) is 5.91 Å². The first-order valence-corrected chi connectivity index (χ1v) is 6.24. The summed E-state index contributed by atoms with van der Waals surface area (Å²) in [7, 11) is 0. The van der Waals surface area contributed by atoms with Gasteiger partial charge in [-0.15, -0.1) is 0 Å². The number of halogens is 1. The van der Waals surface area contributed by atoms with Crippen molar-refractivity contribution >= 4 is 11.9 Å². The monoisotopic (exact) mass is 265 g/mol. The van der Waals surface area contributed by atoms with E-state index in [1.165, 1.54) is 12.1 Å². The SMILES string of the molecule is Cc1cc(F)ccc1CCNC(=O)[C@@H]1C[C@H]1C(=O)O. The van der Waals surface area contributed by atoms with E-state index in [0.717, 1.165) is 11.1 Å². The molecule has 0 bridgehead atoms. The molecule has 2 atom stereocenters. The fourth-order valence-corrected chi connectivity index (χ4v) is 2.15. The number of carboxylic acids is 1. The fraction of sp³-hybridized carbons (Fsp3) is 0.429. The van der Waals surface area contributed by atoms with E-state index in [1.54, 1.807) is 6.07 Å². The third-order valence-electron chi connectivity index (χ3n) is 3.44. The molecular formula is C14H16FNO3. The Kier molecular flexibility index (Phi) is 3.83. The lowest BCUT2D eigenvalue weighted by Gasteiger charge is -2.07. The van der Waals surface area contributed by atoms with Gasteiger partial charge in [0.25, 0.3) is 0 Å². The van der Waals surface area contributed by atoms with E-state index in [4.69, 9.17) is 5.11 Å². The quantitative estimate of drug-likeness (QED) is 0.848. The van der Waals surface area contributed by atoms with Crippen LogP contribution in [0.15, 0.2) is 18.2 Å². The predicted molar refractivity (Wildman–Crippen MR) is 67.1 cm³/mol. The summed E-state index contributed by atoms with van der Waals surface area (Å²) in [5.41, 5.74) is 1.83. The van der Waals surface area contributed by atoms with Crippen LogP contribution in [0, 0.1) is 24.6 Å². The highest BCUT2D eigenvalue weighted by Crippen LogP contribution is 2.38. The molecule has 0 unspecified atom stereocenters. The first kappa shape index (κ1) is 13.5. The zero-order valence-electron chi connectivity index (χ0n) is 10.6. The topological polar surface area (TPSA) is 66.4 Å². The Morgan fingerprint density at radius 2 is 2.16 bits per heavy atom. The number of rotatable bonds is 5. The van der Waals surface area contributed by atoms with Crippen LogP contribution >= 0.6 is 0 Å². The molecule has 0 saturated heterocycles. The summed E-state index contributed by atoms with van der Waals surface area (Å²) in [5.74, 6) is -2.28. The van der Waals surface area contributed by atoms with E-state index in [1.807, 2.05) is 6.92 Å². The molecule has 102 valence electrons. The number of amides is 1. The minimum Gasteiger partial charge on any atom is -0.481 e. The molecule has 0 aliphatic heterocycles. The number of aryl methyl sites for hydroxylation is 1. The molecule has 0 spiro atoms. The number of hydrogen-bond donors (Lipinski definition) is 2. The summed E-state index contributed by atoms with van der Waals surface area (Å²) in [5, 5.41) is 11.4. The second kappa shape index (κ2) is 5.38. The van der Waals surface area contributed by atoms with Gasteiger partial charge < -0.3 is 10.4 Å². The molecule has 1 aromatic carbocycles. The highest BCUT2D eigenvalue weighted by Gasteiger charge is 2.48. The van der Waals surface area contributed by atoms with Gasteiger partial charge in [-0.3, -0.25) is 9.59 Å². The Balaban J connectivity index is 1.78. The summed E-state index contributed by atoms with van der Waals surface area (Å²) in [6, 6.07) is 4.55. The minimum absolute atomic E-state index is 0.202. The second-order valence-electron chi connectivity index (χ2n) is 4.90. The van der Waals surface area contributed by atoms with Gasteiger partial charge in [0.05, 0.1) is 11.8 Å². The van der Waals surface area contributed by atoms with Crippen LogP contribution in [-0.4, -0.2) is 23.5 Å². The molecule has 1 amide bonds. The molecule has 5 heteroatoms. The van der Waals surface area contributed by atoms with Crippen LogP contribution in [0.3, 0.4) is 0 Å². The number of benzene rings is 1. The van der Waals surface area contributed by atoms with Crippen LogP contribution < -0.4 is 5.32 Å². The average Bonchev–Trinajstić information content (AvgIpc) is 3.12. The molecule has 1 aliphatic carbocycles. The summed E-state index contributed by atoms with van der Waals surface area (Å²) >= 11 is 0. The first-order valence-electron chi connectivity index (χ1n) is 6.24. The smallest absolute Gasteiger partial charge is 0.307 e. The summed E-state index contributed by atoms with van der Waals surface area (Å²) in [6.45, 7) is 2.26. The van der Waals surface area contributed by atoms with Gasteiger partial charge in [-0.1, -0.05) is 6.07 Å². The van der Waals surface area contributed by atoms with Crippen molar-refractivity contribution in [2.24, 2.45) is 11.8 Å². The highest BCUT2D eigenvalue weighted by molar-refractivity contribution is 5.89. The normalized spacial score (nSPS) is 20.9. The third kappa shape index (κ3) is 3.30. The van der Waals surface area contributed by atoms with E-state index < -0.39 is 11.9 Å². The van der Waals surface area contributed by atoms with Crippen molar-refractivity contribution in [3.05, 3.63) is 35.1 Å². The van der Waals surface area contributed by atoms with Gasteiger partial charge in [0, 0.05) is 6.54 Å². The zero-order valence-corrected chi connectivity index (χ0v) is 10.6. The van der Waals surface area contributed by atoms with Gasteiger partial charge in [0.1, 0.15) is 5.82 Å². The van der Waals surface area contributed by atoms with Crippen molar-refractivity contribution in [2.75, 3.05) is 6.54 Å². The summed E-state index contributed by atoms with van der Waals surface area (Å²) in [6.07, 6.45) is 1.04.